The standard InChI is InChI=1S/C32H34N4O7/c1-22-28(31(37)38)30(25-11-7-13-27(19-25)36(40)41)29(23(2)34-22)32(39)43-18-6-5-16-42-17-8-12-24-9-3-4-10-26(24)20-35-15-14-33-21-35/h3-4,7-15,19,21,30,34H,5-6,16-18,20H2,1-2H3,(H,37,38)/b12-8+. The van der Waals surface area contributed by atoms with Crippen LogP contribution in [0.3, 0.4) is 0 Å². The van der Waals surface area contributed by atoms with E-state index in [0.29, 0.717) is 43.0 Å². The van der Waals surface area contributed by atoms with Crippen LogP contribution < -0.4 is 5.32 Å². The van der Waals surface area contributed by atoms with E-state index >= 15 is 0 Å². The van der Waals surface area contributed by atoms with Crippen molar-refractivity contribution < 1.29 is 29.1 Å². The number of non-ortho nitro benzene ring substituents is 1. The molecule has 0 spiro atoms. The lowest BCUT2D eigenvalue weighted by Crippen LogP contribution is -2.32. The van der Waals surface area contributed by atoms with Gasteiger partial charge in [0.2, 0.25) is 0 Å². The van der Waals surface area contributed by atoms with Crippen molar-refractivity contribution in [2.45, 2.75) is 39.2 Å². The van der Waals surface area contributed by atoms with Gasteiger partial charge in [-0.25, -0.2) is 14.6 Å². The van der Waals surface area contributed by atoms with Crippen LogP contribution in [0.5, 0.6) is 0 Å². The van der Waals surface area contributed by atoms with Crippen LogP contribution in [-0.4, -0.2) is 51.3 Å². The minimum Gasteiger partial charge on any atom is -0.478 e. The molecule has 0 aliphatic carbocycles. The minimum absolute atomic E-state index is 0.0659. The maximum atomic E-state index is 13.2. The molecule has 43 heavy (non-hydrogen) atoms. The second-order valence-corrected chi connectivity index (χ2v) is 10.0. The Balaban J connectivity index is 1.28. The fraction of sp³-hybridized carbons (Fsp3) is 0.281. The molecule has 4 rings (SSSR count). The lowest BCUT2D eigenvalue weighted by molar-refractivity contribution is -0.384. The maximum Gasteiger partial charge on any atom is 0.336 e. The van der Waals surface area contributed by atoms with Gasteiger partial charge in [-0.1, -0.05) is 48.6 Å². The number of nitro groups is 1. The molecule has 224 valence electrons. The van der Waals surface area contributed by atoms with Gasteiger partial charge >= 0.3 is 11.9 Å². The number of dihydropyridines is 1. The predicted molar refractivity (Wildman–Crippen MR) is 160 cm³/mol. The average molecular weight is 587 g/mol. The van der Waals surface area contributed by atoms with Gasteiger partial charge in [-0.15, -0.1) is 0 Å². The normalized spacial score (nSPS) is 15.1. The van der Waals surface area contributed by atoms with Crippen LogP contribution in [0.25, 0.3) is 6.08 Å². The molecule has 11 heteroatoms. The first-order chi connectivity index (χ1) is 20.8. The second kappa shape index (κ2) is 14.7. The van der Waals surface area contributed by atoms with Gasteiger partial charge in [0.15, 0.2) is 0 Å². The fourth-order valence-electron chi connectivity index (χ4n) is 4.99. The number of hydrogen-bond acceptors (Lipinski definition) is 8. The quantitative estimate of drug-likeness (QED) is 0.112. The monoisotopic (exact) mass is 586 g/mol. The number of aromatic nitrogens is 2. The van der Waals surface area contributed by atoms with E-state index in [2.05, 4.69) is 22.4 Å². The zero-order chi connectivity index (χ0) is 30.8. The Hall–Kier alpha value is -5.03. The third kappa shape index (κ3) is 8.04. The zero-order valence-corrected chi connectivity index (χ0v) is 24.1. The highest BCUT2D eigenvalue weighted by molar-refractivity contribution is 5.99. The van der Waals surface area contributed by atoms with Crippen molar-refractivity contribution in [3.63, 3.8) is 0 Å². The summed E-state index contributed by atoms with van der Waals surface area (Å²) in [6.07, 6.45) is 10.7. The Morgan fingerprint density at radius 3 is 2.60 bits per heavy atom. The smallest absolute Gasteiger partial charge is 0.336 e. The van der Waals surface area contributed by atoms with Crippen molar-refractivity contribution >= 4 is 23.7 Å². The molecule has 0 saturated carbocycles. The second-order valence-electron chi connectivity index (χ2n) is 10.0. The van der Waals surface area contributed by atoms with E-state index in [-0.39, 0.29) is 23.4 Å². The molecule has 2 aromatic carbocycles. The zero-order valence-electron chi connectivity index (χ0n) is 24.1. The number of esters is 1. The summed E-state index contributed by atoms with van der Waals surface area (Å²) in [5, 5.41) is 24.2. The summed E-state index contributed by atoms with van der Waals surface area (Å²) >= 11 is 0. The van der Waals surface area contributed by atoms with Crippen LogP contribution in [-0.2, 0) is 25.6 Å². The van der Waals surface area contributed by atoms with Gasteiger partial charge in [0.25, 0.3) is 5.69 Å². The Morgan fingerprint density at radius 2 is 1.86 bits per heavy atom. The number of carbonyl (C=O) groups excluding carboxylic acids is 1. The maximum absolute atomic E-state index is 13.2. The van der Waals surface area contributed by atoms with Crippen molar-refractivity contribution in [1.29, 1.82) is 0 Å². The van der Waals surface area contributed by atoms with Gasteiger partial charge in [0.1, 0.15) is 0 Å². The molecule has 1 aliphatic heterocycles. The number of carboxylic acid groups (broad SMARTS) is 1. The van der Waals surface area contributed by atoms with Crippen LogP contribution in [0.1, 0.15) is 49.3 Å². The third-order valence-electron chi connectivity index (χ3n) is 7.02. The first-order valence-electron chi connectivity index (χ1n) is 13.9. The molecule has 0 radical (unpaired) electrons. The highest BCUT2D eigenvalue weighted by Gasteiger charge is 2.37. The summed E-state index contributed by atoms with van der Waals surface area (Å²) in [6.45, 7) is 5.00. The van der Waals surface area contributed by atoms with Gasteiger partial charge < -0.3 is 24.5 Å². The average Bonchev–Trinajstić information content (AvgIpc) is 3.49. The Morgan fingerprint density at radius 1 is 1.09 bits per heavy atom. The molecule has 0 fully saturated rings. The summed E-state index contributed by atoms with van der Waals surface area (Å²) in [4.78, 5) is 40.3. The molecule has 1 atom stereocenters. The van der Waals surface area contributed by atoms with Gasteiger partial charge in [0.05, 0.1) is 41.5 Å². The molecule has 0 bridgehead atoms. The molecule has 0 amide bonds. The molecule has 2 heterocycles. The van der Waals surface area contributed by atoms with Crippen molar-refractivity contribution in [2.24, 2.45) is 0 Å². The van der Waals surface area contributed by atoms with Crippen LogP contribution in [0, 0.1) is 10.1 Å². The van der Waals surface area contributed by atoms with Gasteiger partial charge in [0, 0.05) is 49.1 Å². The number of hydrogen-bond donors (Lipinski definition) is 2. The number of carboxylic acids is 1. The fourth-order valence-corrected chi connectivity index (χ4v) is 4.99. The first-order valence-corrected chi connectivity index (χ1v) is 13.9. The number of rotatable bonds is 14. The molecular weight excluding hydrogens is 552 g/mol. The molecule has 1 aromatic heterocycles. The summed E-state index contributed by atoms with van der Waals surface area (Å²) in [7, 11) is 0. The van der Waals surface area contributed by atoms with Crippen LogP contribution in [0.2, 0.25) is 0 Å². The number of ether oxygens (including phenoxy) is 2. The molecule has 11 nitrogen and oxygen atoms in total. The molecular formula is C32H34N4O7. The van der Waals surface area contributed by atoms with Gasteiger partial charge in [-0.2, -0.15) is 0 Å². The number of allylic oxidation sites excluding steroid dienone is 2. The third-order valence-corrected chi connectivity index (χ3v) is 7.02. The van der Waals surface area contributed by atoms with Crippen molar-refractivity contribution in [3.05, 3.63) is 123 Å². The number of benzene rings is 2. The predicted octanol–water partition coefficient (Wildman–Crippen LogP) is 5.21. The molecule has 3 aromatic rings. The van der Waals surface area contributed by atoms with E-state index in [4.69, 9.17) is 9.47 Å². The first kappa shape index (κ1) is 30.9. The van der Waals surface area contributed by atoms with E-state index in [1.165, 1.54) is 23.8 Å². The topological polar surface area (TPSA) is 146 Å². The summed E-state index contributed by atoms with van der Waals surface area (Å²) in [5.74, 6) is -2.93. The number of unbranched alkanes of at least 4 members (excludes halogenated alkanes) is 1. The van der Waals surface area contributed by atoms with Gasteiger partial charge in [-0.3, -0.25) is 10.1 Å². The van der Waals surface area contributed by atoms with Crippen LogP contribution >= 0.6 is 0 Å². The van der Waals surface area contributed by atoms with Crippen molar-refractivity contribution in [2.75, 3.05) is 19.8 Å². The van der Waals surface area contributed by atoms with Crippen LogP contribution in [0.15, 0.2) is 95.9 Å². The number of carbonyl (C=O) groups is 2. The Labute approximate surface area is 249 Å². The van der Waals surface area contributed by atoms with E-state index < -0.39 is 22.8 Å². The highest BCUT2D eigenvalue weighted by atomic mass is 16.6. The molecule has 1 unspecified atom stereocenters. The SMILES string of the molecule is CC1=C(C(=O)O)C(c2cccc([N+](=O)[O-])c2)C(C(=O)OCCCCOC/C=C/c2ccccc2Cn2ccnc2)=C(C)N1. The van der Waals surface area contributed by atoms with E-state index in [9.17, 15) is 24.8 Å². The summed E-state index contributed by atoms with van der Waals surface area (Å²) in [6, 6.07) is 13.8. The van der Waals surface area contributed by atoms with E-state index in [0.717, 1.165) is 12.1 Å². The van der Waals surface area contributed by atoms with Crippen molar-refractivity contribution in [1.82, 2.24) is 14.9 Å². The molecule has 0 saturated heterocycles. The molecule has 2 N–H and O–H groups in total. The van der Waals surface area contributed by atoms with Crippen molar-refractivity contribution in [3.8, 4) is 0 Å². The Bertz CT molecular complexity index is 1560. The Kier molecular flexibility index (Phi) is 10.6. The highest BCUT2D eigenvalue weighted by Crippen LogP contribution is 2.39. The largest absolute Gasteiger partial charge is 0.478 e. The summed E-state index contributed by atoms with van der Waals surface area (Å²) in [5.41, 5.74) is 3.24. The lowest BCUT2D eigenvalue weighted by atomic mass is 9.80. The van der Waals surface area contributed by atoms with E-state index in [1.54, 1.807) is 32.4 Å². The molecule has 1 aliphatic rings. The van der Waals surface area contributed by atoms with Crippen LogP contribution in [0.4, 0.5) is 5.69 Å². The summed E-state index contributed by atoms with van der Waals surface area (Å²) < 4.78 is 13.2. The number of nitrogens with zero attached hydrogens (tertiary/aromatic N) is 3. The minimum atomic E-state index is -1.23. The van der Waals surface area contributed by atoms with Gasteiger partial charge in [-0.05, 0) is 43.4 Å². The number of nitrogens with one attached hydrogen (secondary N) is 1. The number of nitro benzene ring substituents is 1. The van der Waals surface area contributed by atoms with E-state index in [1.807, 2.05) is 35.0 Å². The lowest BCUT2D eigenvalue weighted by Gasteiger charge is -2.29. The number of imidazole rings is 1. The number of aliphatic carboxylic acids is 1.